The highest BCUT2D eigenvalue weighted by Crippen LogP contribution is 2.40. The van der Waals surface area contributed by atoms with Crippen molar-refractivity contribution in [2.45, 2.75) is 37.5 Å². The van der Waals surface area contributed by atoms with E-state index in [1.807, 2.05) is 50.2 Å². The lowest BCUT2D eigenvalue weighted by molar-refractivity contribution is 0.398. The fourth-order valence-electron chi connectivity index (χ4n) is 3.94. The average molecular weight is 441 g/mol. The second-order valence-electron chi connectivity index (χ2n) is 7.64. The summed E-state index contributed by atoms with van der Waals surface area (Å²) in [4.78, 5) is -0.0879. The van der Waals surface area contributed by atoms with Gasteiger partial charge < -0.3 is 9.47 Å². The van der Waals surface area contributed by atoms with E-state index in [9.17, 15) is 13.0 Å². The Morgan fingerprint density at radius 2 is 1.55 bits per heavy atom. The molecule has 164 valence electrons. The van der Waals surface area contributed by atoms with E-state index in [4.69, 9.17) is 9.47 Å². The van der Waals surface area contributed by atoms with Gasteiger partial charge in [-0.1, -0.05) is 42.0 Å². The third-order valence-corrected chi connectivity index (χ3v) is 6.45. The fraction of sp³-hybridized carbons (Fsp3) is 0.280. The predicted octanol–water partition coefficient (Wildman–Crippen LogP) is 5.33. The summed E-state index contributed by atoms with van der Waals surface area (Å²) in [5, 5.41) is 0. The first-order valence-electron chi connectivity index (χ1n) is 10.1. The third kappa shape index (κ3) is 5.27. The Kier molecular flexibility index (Phi) is 7.03. The van der Waals surface area contributed by atoms with Crippen LogP contribution >= 0.6 is 0 Å². The summed E-state index contributed by atoms with van der Waals surface area (Å²) >= 11 is 0. The highest BCUT2D eigenvalue weighted by molar-refractivity contribution is 7.85. The normalized spacial score (nSPS) is 12.4. The number of methoxy groups -OCH3 is 2. The highest BCUT2D eigenvalue weighted by Gasteiger charge is 2.22. The molecule has 0 aliphatic heterocycles. The summed E-state index contributed by atoms with van der Waals surface area (Å²) in [7, 11) is -0.936. The third-order valence-electron chi connectivity index (χ3n) is 5.60. The summed E-state index contributed by atoms with van der Waals surface area (Å²) < 4.78 is 44.0. The lowest BCUT2D eigenvalue weighted by atomic mass is 9.84. The maximum absolute atomic E-state index is 11.6. The molecule has 1 atom stereocenters. The number of benzene rings is 3. The van der Waals surface area contributed by atoms with E-state index < -0.39 is 10.1 Å². The molecule has 31 heavy (non-hydrogen) atoms. The van der Waals surface area contributed by atoms with Crippen LogP contribution in [0.15, 0.2) is 65.6 Å². The molecule has 0 aliphatic rings. The summed E-state index contributed by atoms with van der Waals surface area (Å²) in [5.74, 6) is 1.56. The zero-order chi connectivity index (χ0) is 22.6. The van der Waals surface area contributed by atoms with Crippen molar-refractivity contribution < 1.29 is 22.4 Å². The highest BCUT2D eigenvalue weighted by atomic mass is 32.2. The van der Waals surface area contributed by atoms with E-state index in [0.29, 0.717) is 12.8 Å². The molecule has 0 aromatic heterocycles. The number of hydrogen-bond donors (Lipinski definition) is 1. The van der Waals surface area contributed by atoms with Crippen LogP contribution in [0.2, 0.25) is 0 Å². The van der Waals surface area contributed by atoms with Gasteiger partial charge in [0.1, 0.15) is 11.5 Å². The van der Waals surface area contributed by atoms with Crippen molar-refractivity contribution in [3.05, 3.63) is 88.5 Å². The minimum Gasteiger partial charge on any atom is -0.496 e. The van der Waals surface area contributed by atoms with Crippen LogP contribution in [0.4, 0.5) is 0 Å². The standard InChI is InChI=1S/C25H28O5S/c1-17-9-14-25(30-4)23(15-17)21(22-7-5-6-8-24(22)29-3)13-11-19-16-20(31(26,27)28)12-10-18(19)2/h5-10,12,14-16,21H,11,13H2,1-4H3,(H,26,27,28). The SMILES string of the molecule is COc1ccccc1C(CCc1cc(S(=O)(=O)O)ccc1C)c1cc(C)ccc1OC. The number of aryl methyl sites for hydroxylation is 3. The minimum atomic E-state index is -4.25. The summed E-state index contributed by atoms with van der Waals surface area (Å²) in [5.41, 5.74) is 5.07. The van der Waals surface area contributed by atoms with Crippen LogP contribution in [0.25, 0.3) is 0 Å². The van der Waals surface area contributed by atoms with Crippen molar-refractivity contribution in [3.63, 3.8) is 0 Å². The molecule has 1 N–H and O–H groups in total. The maximum atomic E-state index is 11.6. The molecule has 0 aliphatic carbocycles. The van der Waals surface area contributed by atoms with Crippen LogP contribution < -0.4 is 9.47 Å². The second kappa shape index (κ2) is 9.54. The van der Waals surface area contributed by atoms with Gasteiger partial charge in [-0.05, 0) is 62.1 Å². The molecule has 3 aromatic carbocycles. The smallest absolute Gasteiger partial charge is 0.294 e. The van der Waals surface area contributed by atoms with Gasteiger partial charge in [0.25, 0.3) is 10.1 Å². The first-order valence-corrected chi connectivity index (χ1v) is 11.5. The first kappa shape index (κ1) is 22.8. The number of rotatable bonds is 8. The van der Waals surface area contributed by atoms with Crippen LogP contribution in [0.1, 0.15) is 40.2 Å². The Labute approximate surface area is 184 Å². The molecule has 5 nitrogen and oxygen atoms in total. The van der Waals surface area contributed by atoms with E-state index >= 15 is 0 Å². The second-order valence-corrected chi connectivity index (χ2v) is 9.06. The van der Waals surface area contributed by atoms with Crippen molar-refractivity contribution in [1.82, 2.24) is 0 Å². The zero-order valence-corrected chi connectivity index (χ0v) is 19.1. The van der Waals surface area contributed by atoms with Gasteiger partial charge in [0, 0.05) is 17.0 Å². The molecule has 3 rings (SSSR count). The van der Waals surface area contributed by atoms with Gasteiger partial charge in [0.15, 0.2) is 0 Å². The van der Waals surface area contributed by atoms with Crippen molar-refractivity contribution >= 4 is 10.1 Å². The van der Waals surface area contributed by atoms with Gasteiger partial charge in [-0.25, -0.2) is 0 Å². The first-order chi connectivity index (χ1) is 14.7. The Bertz CT molecular complexity index is 1170. The van der Waals surface area contributed by atoms with Gasteiger partial charge in [-0.2, -0.15) is 8.42 Å². The van der Waals surface area contributed by atoms with E-state index in [2.05, 4.69) is 6.07 Å². The molecule has 0 amide bonds. The lowest BCUT2D eigenvalue weighted by Gasteiger charge is -2.23. The molecule has 0 bridgehead atoms. The molecule has 0 radical (unpaired) electrons. The van der Waals surface area contributed by atoms with Crippen molar-refractivity contribution in [3.8, 4) is 11.5 Å². The van der Waals surface area contributed by atoms with Crippen molar-refractivity contribution in [2.75, 3.05) is 14.2 Å². The monoisotopic (exact) mass is 440 g/mol. The molecule has 1 unspecified atom stereocenters. The molecule has 0 saturated carbocycles. The van der Waals surface area contributed by atoms with Crippen LogP contribution in [0.3, 0.4) is 0 Å². The van der Waals surface area contributed by atoms with E-state index in [0.717, 1.165) is 39.3 Å². The molecule has 0 fully saturated rings. The molecule has 0 spiro atoms. The Morgan fingerprint density at radius 3 is 2.23 bits per heavy atom. The molecule has 6 heteroatoms. The number of hydrogen-bond acceptors (Lipinski definition) is 4. The largest absolute Gasteiger partial charge is 0.496 e. The van der Waals surface area contributed by atoms with Gasteiger partial charge >= 0.3 is 0 Å². The Balaban J connectivity index is 2.06. The van der Waals surface area contributed by atoms with E-state index in [1.165, 1.54) is 6.07 Å². The van der Waals surface area contributed by atoms with Gasteiger partial charge in [-0.15, -0.1) is 0 Å². The number of para-hydroxylation sites is 1. The van der Waals surface area contributed by atoms with Gasteiger partial charge in [0.05, 0.1) is 19.1 Å². The van der Waals surface area contributed by atoms with Crippen LogP contribution in [-0.4, -0.2) is 27.2 Å². The quantitative estimate of drug-likeness (QED) is 0.479. The van der Waals surface area contributed by atoms with E-state index in [1.54, 1.807) is 26.4 Å². The molecule has 3 aromatic rings. The molecular weight excluding hydrogens is 412 g/mol. The van der Waals surface area contributed by atoms with E-state index in [-0.39, 0.29) is 10.8 Å². The van der Waals surface area contributed by atoms with Crippen molar-refractivity contribution in [2.24, 2.45) is 0 Å². The molecular formula is C25H28O5S. The average Bonchev–Trinajstić information content (AvgIpc) is 2.74. The fourth-order valence-corrected chi connectivity index (χ4v) is 4.47. The van der Waals surface area contributed by atoms with Gasteiger partial charge in [0.2, 0.25) is 0 Å². The van der Waals surface area contributed by atoms with Gasteiger partial charge in [-0.3, -0.25) is 4.55 Å². The molecule has 0 saturated heterocycles. The minimum absolute atomic E-state index is 0.0280. The predicted molar refractivity (Wildman–Crippen MR) is 122 cm³/mol. The number of ether oxygens (including phenoxy) is 2. The summed E-state index contributed by atoms with van der Waals surface area (Å²) in [6.07, 6.45) is 1.32. The van der Waals surface area contributed by atoms with Crippen LogP contribution in [0.5, 0.6) is 11.5 Å². The zero-order valence-electron chi connectivity index (χ0n) is 18.3. The maximum Gasteiger partial charge on any atom is 0.294 e. The Morgan fingerprint density at radius 1 is 0.871 bits per heavy atom. The molecule has 0 heterocycles. The van der Waals surface area contributed by atoms with Crippen molar-refractivity contribution in [1.29, 1.82) is 0 Å². The summed E-state index contributed by atoms with van der Waals surface area (Å²) in [6.45, 7) is 3.98. The summed E-state index contributed by atoms with van der Waals surface area (Å²) in [6, 6.07) is 18.7. The van der Waals surface area contributed by atoms with Crippen LogP contribution in [0, 0.1) is 13.8 Å². The Hall–Kier alpha value is -2.83. The van der Waals surface area contributed by atoms with Crippen LogP contribution in [-0.2, 0) is 16.5 Å². The lowest BCUT2D eigenvalue weighted by Crippen LogP contribution is -2.08. The topological polar surface area (TPSA) is 72.8 Å².